The molecule has 1 N–H and O–H groups in total. The molecule has 4 rings (SSSR count). The highest BCUT2D eigenvalue weighted by Crippen LogP contribution is 2.30. The van der Waals surface area contributed by atoms with Crippen LogP contribution in [0.4, 0.5) is 5.69 Å². The minimum Gasteiger partial charge on any atom is -0.495 e. The minimum absolute atomic E-state index is 0.0406. The molecule has 3 aromatic rings. The number of sulfonamides is 1. The molecule has 0 spiro atoms. The number of fused-ring (bicyclic) bond motifs is 1. The lowest BCUT2D eigenvalue weighted by atomic mass is 9.98. The molecule has 1 amide bonds. The Balaban J connectivity index is 1.58. The Bertz CT molecular complexity index is 1230. The van der Waals surface area contributed by atoms with Gasteiger partial charge >= 0.3 is 0 Å². The van der Waals surface area contributed by atoms with Gasteiger partial charge in [0.25, 0.3) is 15.9 Å². The Labute approximate surface area is 186 Å². The van der Waals surface area contributed by atoms with E-state index in [1.165, 1.54) is 19.2 Å². The summed E-state index contributed by atoms with van der Waals surface area (Å²) in [4.78, 5) is 14.5. The largest absolute Gasteiger partial charge is 0.495 e. The van der Waals surface area contributed by atoms with Crippen LogP contribution in [-0.2, 0) is 23.0 Å². The van der Waals surface area contributed by atoms with Crippen molar-refractivity contribution < 1.29 is 17.9 Å². The van der Waals surface area contributed by atoms with Gasteiger partial charge in [0.05, 0.1) is 7.11 Å². The molecule has 1 aliphatic heterocycles. The van der Waals surface area contributed by atoms with E-state index < -0.39 is 10.0 Å². The third-order valence-corrected chi connectivity index (χ3v) is 6.83. The van der Waals surface area contributed by atoms with E-state index in [1.54, 1.807) is 35.2 Å². The van der Waals surface area contributed by atoms with Crippen LogP contribution in [0.3, 0.4) is 0 Å². The molecule has 31 heavy (non-hydrogen) atoms. The van der Waals surface area contributed by atoms with Crippen molar-refractivity contribution in [2.75, 3.05) is 18.4 Å². The van der Waals surface area contributed by atoms with E-state index in [1.807, 2.05) is 24.3 Å². The molecule has 160 valence electrons. The molecule has 1 aliphatic rings. The van der Waals surface area contributed by atoms with Gasteiger partial charge in [0.2, 0.25) is 0 Å². The maximum atomic E-state index is 12.9. The van der Waals surface area contributed by atoms with Crippen LogP contribution in [0.25, 0.3) is 0 Å². The van der Waals surface area contributed by atoms with Crippen LogP contribution >= 0.6 is 11.6 Å². The van der Waals surface area contributed by atoms with Gasteiger partial charge < -0.3 is 9.64 Å². The van der Waals surface area contributed by atoms with E-state index >= 15 is 0 Å². The quantitative estimate of drug-likeness (QED) is 0.619. The first-order chi connectivity index (χ1) is 14.9. The van der Waals surface area contributed by atoms with Crippen molar-refractivity contribution in [1.82, 2.24) is 4.90 Å². The topological polar surface area (TPSA) is 75.7 Å². The molecule has 0 aliphatic carbocycles. The van der Waals surface area contributed by atoms with Crippen molar-refractivity contribution in [2.24, 2.45) is 0 Å². The van der Waals surface area contributed by atoms with Gasteiger partial charge in [-0.05, 0) is 60.0 Å². The normalized spacial score (nSPS) is 13.4. The lowest BCUT2D eigenvalue weighted by Gasteiger charge is -2.29. The summed E-state index contributed by atoms with van der Waals surface area (Å²) in [6, 6.07) is 18.9. The highest BCUT2D eigenvalue weighted by atomic mass is 35.5. The molecule has 3 aromatic carbocycles. The fourth-order valence-electron chi connectivity index (χ4n) is 3.63. The van der Waals surface area contributed by atoms with E-state index in [9.17, 15) is 13.2 Å². The first-order valence-electron chi connectivity index (χ1n) is 9.70. The average molecular weight is 457 g/mol. The summed E-state index contributed by atoms with van der Waals surface area (Å²) in [6.45, 7) is 1.03. The van der Waals surface area contributed by atoms with Crippen LogP contribution in [0.2, 0.25) is 5.02 Å². The molecule has 0 unspecified atom stereocenters. The number of ether oxygens (including phenoxy) is 1. The van der Waals surface area contributed by atoms with E-state index in [2.05, 4.69) is 4.72 Å². The summed E-state index contributed by atoms with van der Waals surface area (Å²) >= 11 is 5.99. The van der Waals surface area contributed by atoms with Gasteiger partial charge in [-0.15, -0.1) is 0 Å². The maximum Gasteiger partial charge on any atom is 0.265 e. The smallest absolute Gasteiger partial charge is 0.265 e. The number of benzene rings is 3. The number of rotatable bonds is 5. The van der Waals surface area contributed by atoms with Crippen LogP contribution in [0, 0.1) is 0 Å². The molecule has 0 bridgehead atoms. The lowest BCUT2D eigenvalue weighted by molar-refractivity contribution is 0.0734. The Morgan fingerprint density at radius 3 is 2.55 bits per heavy atom. The van der Waals surface area contributed by atoms with Gasteiger partial charge in [-0.2, -0.15) is 0 Å². The summed E-state index contributed by atoms with van der Waals surface area (Å²) in [5, 5.41) is 0.293. The molecule has 0 aromatic heterocycles. The van der Waals surface area contributed by atoms with Crippen molar-refractivity contribution in [3.05, 3.63) is 88.4 Å². The number of anilines is 1. The zero-order chi connectivity index (χ0) is 22.0. The maximum absolute atomic E-state index is 12.9. The van der Waals surface area contributed by atoms with E-state index in [-0.39, 0.29) is 16.6 Å². The predicted molar refractivity (Wildman–Crippen MR) is 120 cm³/mol. The number of nitrogens with zero attached hydrogens (tertiary/aromatic N) is 1. The van der Waals surface area contributed by atoms with E-state index in [0.717, 1.165) is 11.1 Å². The van der Waals surface area contributed by atoms with E-state index in [0.29, 0.717) is 35.8 Å². The molecule has 0 fully saturated rings. The molecule has 1 heterocycles. The summed E-state index contributed by atoms with van der Waals surface area (Å²) < 4.78 is 33.7. The first kappa shape index (κ1) is 21.2. The number of amides is 1. The van der Waals surface area contributed by atoms with Crippen LogP contribution in [0.15, 0.2) is 71.6 Å². The third kappa shape index (κ3) is 4.52. The Hall–Kier alpha value is -3.03. The van der Waals surface area contributed by atoms with Crippen molar-refractivity contribution in [3.8, 4) is 5.75 Å². The number of halogens is 1. The van der Waals surface area contributed by atoms with Crippen LogP contribution < -0.4 is 9.46 Å². The highest BCUT2D eigenvalue weighted by Gasteiger charge is 2.24. The second kappa shape index (κ2) is 8.61. The molecule has 6 nitrogen and oxygen atoms in total. The summed E-state index contributed by atoms with van der Waals surface area (Å²) in [5.41, 5.74) is 3.06. The van der Waals surface area contributed by atoms with Crippen molar-refractivity contribution in [1.29, 1.82) is 0 Å². The second-order valence-electron chi connectivity index (χ2n) is 7.23. The second-order valence-corrected chi connectivity index (χ2v) is 9.31. The summed E-state index contributed by atoms with van der Waals surface area (Å²) in [5.74, 6) is 0.162. The van der Waals surface area contributed by atoms with E-state index in [4.69, 9.17) is 16.3 Å². The fraction of sp³-hybridized carbons (Fsp3) is 0.174. The predicted octanol–water partition coefficient (Wildman–Crippen LogP) is 4.35. The SMILES string of the molecule is COc1ccc(Cl)cc1S(=O)(=O)Nc1ccc2c(c1)CN(C(=O)c1ccccc1)CC2. The number of nitrogens with one attached hydrogen (secondary N) is 1. The lowest BCUT2D eigenvalue weighted by Crippen LogP contribution is -2.36. The van der Waals surface area contributed by atoms with Gasteiger partial charge in [0.1, 0.15) is 10.6 Å². The Morgan fingerprint density at radius 1 is 1.03 bits per heavy atom. The third-order valence-electron chi connectivity index (χ3n) is 5.19. The number of hydrogen-bond donors (Lipinski definition) is 1. The monoisotopic (exact) mass is 456 g/mol. The van der Waals surface area contributed by atoms with Crippen LogP contribution in [0.5, 0.6) is 5.75 Å². The van der Waals surface area contributed by atoms with Crippen LogP contribution in [-0.4, -0.2) is 32.9 Å². The molecule has 8 heteroatoms. The summed E-state index contributed by atoms with van der Waals surface area (Å²) in [6.07, 6.45) is 0.711. The first-order valence-corrected chi connectivity index (χ1v) is 11.6. The minimum atomic E-state index is -3.92. The van der Waals surface area contributed by atoms with Gasteiger partial charge in [-0.1, -0.05) is 35.9 Å². The van der Waals surface area contributed by atoms with Crippen molar-refractivity contribution in [2.45, 2.75) is 17.9 Å². The van der Waals surface area contributed by atoms with Gasteiger partial charge in [0, 0.05) is 29.4 Å². The number of methoxy groups -OCH3 is 1. The zero-order valence-electron chi connectivity index (χ0n) is 16.8. The standard InChI is InChI=1S/C23H21ClN2O4S/c1-30-21-10-8-19(24)14-22(21)31(28,29)25-20-9-7-16-11-12-26(15-18(16)13-20)23(27)17-5-3-2-4-6-17/h2-10,13-14,25H,11-12,15H2,1H3. The molecule has 0 atom stereocenters. The summed E-state index contributed by atoms with van der Waals surface area (Å²) in [7, 11) is -2.52. The van der Waals surface area contributed by atoms with Crippen molar-refractivity contribution in [3.63, 3.8) is 0 Å². The zero-order valence-corrected chi connectivity index (χ0v) is 18.4. The molecule has 0 radical (unpaired) electrons. The fourth-order valence-corrected chi connectivity index (χ4v) is 5.11. The molecule has 0 saturated heterocycles. The van der Waals surface area contributed by atoms with Gasteiger partial charge in [0.15, 0.2) is 0 Å². The van der Waals surface area contributed by atoms with Crippen LogP contribution in [0.1, 0.15) is 21.5 Å². The average Bonchev–Trinajstić information content (AvgIpc) is 2.78. The Morgan fingerprint density at radius 2 is 1.81 bits per heavy atom. The molecular formula is C23H21ClN2O4S. The molecular weight excluding hydrogens is 436 g/mol. The molecule has 0 saturated carbocycles. The Kier molecular flexibility index (Phi) is 5.89. The van der Waals surface area contributed by atoms with Crippen molar-refractivity contribution >= 4 is 33.2 Å². The number of carbonyl (C=O) groups excluding carboxylic acids is 1. The van der Waals surface area contributed by atoms with Gasteiger partial charge in [-0.3, -0.25) is 9.52 Å². The van der Waals surface area contributed by atoms with Gasteiger partial charge in [-0.25, -0.2) is 8.42 Å². The number of carbonyl (C=O) groups is 1. The highest BCUT2D eigenvalue weighted by molar-refractivity contribution is 7.92. The number of hydrogen-bond acceptors (Lipinski definition) is 4.